The molecular formula is C16H23ClN2O4S. The second kappa shape index (κ2) is 8.29. The Kier molecular flexibility index (Phi) is 6.62. The summed E-state index contributed by atoms with van der Waals surface area (Å²) in [6.07, 6.45) is 1.33. The molecule has 1 fully saturated rings. The summed E-state index contributed by atoms with van der Waals surface area (Å²) in [5.74, 6) is -0.605. The Morgan fingerprint density at radius 2 is 2.21 bits per heavy atom. The summed E-state index contributed by atoms with van der Waals surface area (Å²) in [6, 6.07) is 5.29. The minimum Gasteiger partial charge on any atom is -0.384 e. The van der Waals surface area contributed by atoms with E-state index >= 15 is 0 Å². The molecule has 1 heterocycles. The lowest BCUT2D eigenvalue weighted by Gasteiger charge is -2.31. The van der Waals surface area contributed by atoms with Crippen LogP contribution in [-0.2, 0) is 19.6 Å². The fraction of sp³-hybridized carbons (Fsp3) is 0.562. The molecule has 24 heavy (non-hydrogen) atoms. The Hall–Kier alpha value is -1.15. The number of halogens is 1. The van der Waals surface area contributed by atoms with E-state index in [1.807, 2.05) is 13.0 Å². The predicted octanol–water partition coefficient (Wildman–Crippen LogP) is 2.28. The molecule has 0 aromatic heterocycles. The standard InChI is InChI=1S/C16H23ClN2O4S/c1-12-5-6-14(17)10-15(12)18-16(20)13-4-3-7-19(11-13)24(21,22)9-8-23-2/h5-6,10,13H,3-4,7-9,11H2,1-2H3,(H,18,20). The average molecular weight is 375 g/mol. The van der Waals surface area contributed by atoms with E-state index in [0.29, 0.717) is 30.1 Å². The number of aryl methyl sites for hydroxylation is 1. The van der Waals surface area contributed by atoms with Gasteiger partial charge in [0, 0.05) is 30.9 Å². The second-order valence-corrected chi connectivity index (χ2v) is 8.48. The molecule has 8 heteroatoms. The highest BCUT2D eigenvalue weighted by atomic mass is 35.5. The number of anilines is 1. The zero-order chi connectivity index (χ0) is 17.7. The lowest BCUT2D eigenvalue weighted by atomic mass is 9.98. The van der Waals surface area contributed by atoms with Crippen LogP contribution in [0.4, 0.5) is 5.69 Å². The Balaban J connectivity index is 2.03. The number of hydrogen-bond donors (Lipinski definition) is 1. The molecule has 1 aromatic carbocycles. The number of ether oxygens (including phenoxy) is 1. The molecule has 2 rings (SSSR count). The number of carbonyl (C=O) groups is 1. The number of sulfonamides is 1. The highest BCUT2D eigenvalue weighted by molar-refractivity contribution is 7.89. The molecule has 0 saturated carbocycles. The smallest absolute Gasteiger partial charge is 0.228 e. The van der Waals surface area contributed by atoms with E-state index in [1.54, 1.807) is 12.1 Å². The quantitative estimate of drug-likeness (QED) is 0.828. The van der Waals surface area contributed by atoms with Gasteiger partial charge in [-0.2, -0.15) is 0 Å². The van der Waals surface area contributed by atoms with Gasteiger partial charge in [-0.3, -0.25) is 4.79 Å². The third kappa shape index (κ3) is 4.92. The van der Waals surface area contributed by atoms with Gasteiger partial charge in [-0.15, -0.1) is 0 Å². The van der Waals surface area contributed by atoms with Crippen LogP contribution in [0.15, 0.2) is 18.2 Å². The number of hydrogen-bond acceptors (Lipinski definition) is 4. The molecule has 0 aliphatic carbocycles. The zero-order valence-electron chi connectivity index (χ0n) is 13.9. The number of rotatable bonds is 6. The van der Waals surface area contributed by atoms with Crippen LogP contribution in [0, 0.1) is 12.8 Å². The summed E-state index contributed by atoms with van der Waals surface area (Å²) in [6.45, 7) is 2.69. The number of carbonyl (C=O) groups excluding carboxylic acids is 1. The molecule has 1 aliphatic heterocycles. The maximum atomic E-state index is 12.5. The van der Waals surface area contributed by atoms with Gasteiger partial charge in [0.05, 0.1) is 18.3 Å². The van der Waals surface area contributed by atoms with Crippen molar-refractivity contribution in [3.8, 4) is 0 Å². The van der Waals surface area contributed by atoms with E-state index in [4.69, 9.17) is 16.3 Å². The van der Waals surface area contributed by atoms with Crippen molar-refractivity contribution in [1.82, 2.24) is 4.31 Å². The Morgan fingerprint density at radius 1 is 1.46 bits per heavy atom. The molecule has 1 aromatic rings. The van der Waals surface area contributed by atoms with Crippen LogP contribution < -0.4 is 5.32 Å². The topological polar surface area (TPSA) is 75.7 Å². The van der Waals surface area contributed by atoms with E-state index in [0.717, 1.165) is 5.56 Å². The van der Waals surface area contributed by atoms with Crippen LogP contribution in [0.3, 0.4) is 0 Å². The minimum atomic E-state index is -3.39. The van der Waals surface area contributed by atoms with Crippen LogP contribution >= 0.6 is 11.6 Å². The SMILES string of the molecule is COCCS(=O)(=O)N1CCCC(C(=O)Nc2cc(Cl)ccc2C)C1. The largest absolute Gasteiger partial charge is 0.384 e. The van der Waals surface area contributed by atoms with E-state index in [-0.39, 0.29) is 30.7 Å². The van der Waals surface area contributed by atoms with Crippen LogP contribution in [0.2, 0.25) is 5.02 Å². The summed E-state index contributed by atoms with van der Waals surface area (Å²) in [7, 11) is -1.92. The van der Waals surface area contributed by atoms with Crippen molar-refractivity contribution in [3.63, 3.8) is 0 Å². The fourth-order valence-electron chi connectivity index (χ4n) is 2.69. The minimum absolute atomic E-state index is 0.0642. The molecule has 1 aliphatic rings. The first-order chi connectivity index (χ1) is 11.3. The first-order valence-corrected chi connectivity index (χ1v) is 9.86. The molecule has 1 atom stereocenters. The molecule has 0 radical (unpaired) electrons. The molecule has 6 nitrogen and oxygen atoms in total. The average Bonchev–Trinajstić information content (AvgIpc) is 2.56. The molecule has 1 saturated heterocycles. The molecular weight excluding hydrogens is 352 g/mol. The maximum Gasteiger partial charge on any atom is 0.228 e. The van der Waals surface area contributed by atoms with Crippen molar-refractivity contribution >= 4 is 33.2 Å². The third-order valence-electron chi connectivity index (χ3n) is 4.15. The molecule has 0 spiro atoms. The number of amides is 1. The summed E-state index contributed by atoms with van der Waals surface area (Å²) in [4.78, 5) is 12.5. The van der Waals surface area contributed by atoms with Gasteiger partial charge in [0.1, 0.15) is 0 Å². The second-order valence-electron chi connectivity index (χ2n) is 5.95. The summed E-state index contributed by atoms with van der Waals surface area (Å²) >= 11 is 5.97. The molecule has 0 bridgehead atoms. The van der Waals surface area contributed by atoms with E-state index in [1.165, 1.54) is 11.4 Å². The number of methoxy groups -OCH3 is 1. The van der Waals surface area contributed by atoms with Crippen LogP contribution in [0.25, 0.3) is 0 Å². The van der Waals surface area contributed by atoms with Crippen LogP contribution in [0.1, 0.15) is 18.4 Å². The normalized spacial score (nSPS) is 19.2. The van der Waals surface area contributed by atoms with Gasteiger partial charge in [-0.05, 0) is 37.5 Å². The predicted molar refractivity (Wildman–Crippen MR) is 94.8 cm³/mol. The molecule has 134 valence electrons. The summed E-state index contributed by atoms with van der Waals surface area (Å²) in [5.41, 5.74) is 1.57. The van der Waals surface area contributed by atoms with Crippen molar-refractivity contribution in [2.24, 2.45) is 5.92 Å². The van der Waals surface area contributed by atoms with Gasteiger partial charge in [0.25, 0.3) is 0 Å². The van der Waals surface area contributed by atoms with Crippen molar-refractivity contribution in [2.45, 2.75) is 19.8 Å². The van der Waals surface area contributed by atoms with Gasteiger partial charge >= 0.3 is 0 Å². The van der Waals surface area contributed by atoms with Gasteiger partial charge < -0.3 is 10.1 Å². The van der Waals surface area contributed by atoms with E-state index in [9.17, 15) is 13.2 Å². The third-order valence-corrected chi connectivity index (χ3v) is 6.19. The number of benzene rings is 1. The highest BCUT2D eigenvalue weighted by Crippen LogP contribution is 2.24. The first kappa shape index (κ1) is 19.2. The van der Waals surface area contributed by atoms with Gasteiger partial charge in [0.15, 0.2) is 0 Å². The monoisotopic (exact) mass is 374 g/mol. The molecule has 1 amide bonds. The van der Waals surface area contributed by atoms with Crippen molar-refractivity contribution in [1.29, 1.82) is 0 Å². The Bertz CT molecular complexity index is 693. The molecule has 1 unspecified atom stereocenters. The number of piperidine rings is 1. The van der Waals surface area contributed by atoms with Gasteiger partial charge in [-0.1, -0.05) is 17.7 Å². The van der Waals surface area contributed by atoms with Gasteiger partial charge in [0.2, 0.25) is 15.9 Å². The zero-order valence-corrected chi connectivity index (χ0v) is 15.5. The summed E-state index contributed by atoms with van der Waals surface area (Å²) < 4.78 is 30.8. The van der Waals surface area contributed by atoms with E-state index < -0.39 is 10.0 Å². The van der Waals surface area contributed by atoms with Gasteiger partial charge in [-0.25, -0.2) is 12.7 Å². The van der Waals surface area contributed by atoms with Crippen LogP contribution in [-0.4, -0.2) is 51.2 Å². The first-order valence-electron chi connectivity index (χ1n) is 7.87. The number of nitrogens with one attached hydrogen (secondary N) is 1. The van der Waals surface area contributed by atoms with E-state index in [2.05, 4.69) is 5.32 Å². The van der Waals surface area contributed by atoms with Crippen molar-refractivity contribution < 1.29 is 17.9 Å². The lowest BCUT2D eigenvalue weighted by Crippen LogP contribution is -2.45. The number of nitrogens with zero attached hydrogens (tertiary/aromatic N) is 1. The summed E-state index contributed by atoms with van der Waals surface area (Å²) in [5, 5.41) is 3.41. The highest BCUT2D eigenvalue weighted by Gasteiger charge is 2.32. The van der Waals surface area contributed by atoms with Crippen molar-refractivity contribution in [2.75, 3.05) is 37.9 Å². The molecule has 1 N–H and O–H groups in total. The fourth-order valence-corrected chi connectivity index (χ4v) is 4.31. The Morgan fingerprint density at radius 3 is 2.92 bits per heavy atom. The maximum absolute atomic E-state index is 12.5. The lowest BCUT2D eigenvalue weighted by molar-refractivity contribution is -0.120. The van der Waals surface area contributed by atoms with Crippen LogP contribution in [0.5, 0.6) is 0 Å². The van der Waals surface area contributed by atoms with Crippen molar-refractivity contribution in [3.05, 3.63) is 28.8 Å². The Labute approximate surface area is 148 Å².